The summed E-state index contributed by atoms with van der Waals surface area (Å²) < 4.78 is 19.0. The summed E-state index contributed by atoms with van der Waals surface area (Å²) in [4.78, 5) is 7.37. The SMILES string of the molecule is CCNC(=NCC(C1CC1)C1CC1)NC1CCN(Cc2ccc(OC)c(F)c2)CC1.I. The lowest BCUT2D eigenvalue weighted by Gasteiger charge is -2.33. The van der Waals surface area contributed by atoms with Crippen molar-refractivity contribution in [3.8, 4) is 5.75 Å². The molecule has 1 aliphatic heterocycles. The molecule has 1 heterocycles. The second kappa shape index (κ2) is 11.7. The number of benzene rings is 1. The first-order valence-corrected chi connectivity index (χ1v) is 11.8. The fraction of sp³-hybridized carbons (Fsp3) is 0.708. The highest BCUT2D eigenvalue weighted by molar-refractivity contribution is 14.0. The largest absolute Gasteiger partial charge is 0.494 e. The Morgan fingerprint density at radius 3 is 2.39 bits per heavy atom. The summed E-state index contributed by atoms with van der Waals surface area (Å²) in [5.41, 5.74) is 1.00. The topological polar surface area (TPSA) is 48.9 Å². The molecule has 4 rings (SSSR count). The van der Waals surface area contributed by atoms with Gasteiger partial charge in [-0.3, -0.25) is 9.89 Å². The molecule has 0 atom stereocenters. The Morgan fingerprint density at radius 2 is 1.84 bits per heavy atom. The molecule has 0 unspecified atom stereocenters. The van der Waals surface area contributed by atoms with Crippen molar-refractivity contribution in [2.75, 3.05) is 33.3 Å². The molecule has 3 fully saturated rings. The maximum atomic E-state index is 13.9. The minimum absolute atomic E-state index is 0. The zero-order valence-electron chi connectivity index (χ0n) is 18.9. The van der Waals surface area contributed by atoms with Crippen molar-refractivity contribution in [1.29, 1.82) is 0 Å². The van der Waals surface area contributed by atoms with Gasteiger partial charge in [0.1, 0.15) is 0 Å². The number of guanidine groups is 1. The molecule has 0 amide bonds. The van der Waals surface area contributed by atoms with Gasteiger partial charge in [0, 0.05) is 38.8 Å². The van der Waals surface area contributed by atoms with E-state index < -0.39 is 0 Å². The van der Waals surface area contributed by atoms with Crippen LogP contribution in [0, 0.1) is 23.6 Å². The summed E-state index contributed by atoms with van der Waals surface area (Å²) in [7, 11) is 1.50. The molecule has 2 saturated carbocycles. The van der Waals surface area contributed by atoms with Crippen LogP contribution in [0.2, 0.25) is 0 Å². The van der Waals surface area contributed by atoms with E-state index in [1.165, 1.54) is 32.8 Å². The minimum atomic E-state index is -0.284. The van der Waals surface area contributed by atoms with Crippen LogP contribution in [0.5, 0.6) is 5.75 Å². The van der Waals surface area contributed by atoms with Gasteiger partial charge in [-0.05, 0) is 80.9 Å². The standard InChI is InChI=1S/C24H37FN4O.HI/c1-3-26-24(27-15-21(18-5-6-18)19-7-8-19)28-20-10-12-29(13-11-20)16-17-4-9-23(30-2)22(25)14-17;/h4,9,14,18-21H,3,5-8,10-13,15-16H2,1-2H3,(H2,26,27,28);1H. The van der Waals surface area contributed by atoms with Crippen LogP contribution >= 0.6 is 24.0 Å². The van der Waals surface area contributed by atoms with Crippen LogP contribution in [0.1, 0.15) is 51.0 Å². The molecule has 1 aromatic rings. The number of nitrogens with one attached hydrogen (secondary N) is 2. The molecule has 1 aromatic carbocycles. The minimum Gasteiger partial charge on any atom is -0.494 e. The highest BCUT2D eigenvalue weighted by Gasteiger charge is 2.41. The fourth-order valence-electron chi connectivity index (χ4n) is 4.74. The van der Waals surface area contributed by atoms with E-state index in [0.29, 0.717) is 11.8 Å². The summed E-state index contributed by atoms with van der Waals surface area (Å²) in [6.45, 7) is 6.81. The molecule has 0 aromatic heterocycles. The average Bonchev–Trinajstić information content (AvgIpc) is 3.64. The lowest BCUT2D eigenvalue weighted by Crippen LogP contribution is -2.48. The molecule has 3 aliphatic rings. The molecule has 0 spiro atoms. The molecule has 1 saturated heterocycles. The van der Waals surface area contributed by atoms with Gasteiger partial charge in [-0.15, -0.1) is 24.0 Å². The second-order valence-corrected chi connectivity index (χ2v) is 9.22. The van der Waals surface area contributed by atoms with Crippen molar-refractivity contribution in [3.05, 3.63) is 29.6 Å². The molecular weight excluding hydrogens is 506 g/mol. The third kappa shape index (κ3) is 7.20. The Hall–Kier alpha value is -1.09. The van der Waals surface area contributed by atoms with E-state index in [-0.39, 0.29) is 29.8 Å². The normalized spacial score (nSPS) is 20.5. The van der Waals surface area contributed by atoms with Gasteiger partial charge in [-0.25, -0.2) is 4.39 Å². The van der Waals surface area contributed by atoms with Crippen molar-refractivity contribution < 1.29 is 9.13 Å². The van der Waals surface area contributed by atoms with Crippen molar-refractivity contribution in [1.82, 2.24) is 15.5 Å². The number of nitrogens with zero attached hydrogens (tertiary/aromatic N) is 2. The lowest BCUT2D eigenvalue weighted by molar-refractivity contribution is 0.198. The highest BCUT2D eigenvalue weighted by Crippen LogP contribution is 2.49. The molecule has 2 N–H and O–H groups in total. The average molecular weight is 544 g/mol. The Morgan fingerprint density at radius 1 is 1.16 bits per heavy atom. The smallest absolute Gasteiger partial charge is 0.191 e. The van der Waals surface area contributed by atoms with E-state index in [0.717, 1.165) is 74.8 Å². The first kappa shape index (κ1) is 24.6. The van der Waals surface area contributed by atoms with Gasteiger partial charge in [-0.2, -0.15) is 0 Å². The van der Waals surface area contributed by atoms with Gasteiger partial charge in [0.05, 0.1) is 7.11 Å². The van der Waals surface area contributed by atoms with Crippen LogP contribution in [-0.2, 0) is 6.54 Å². The molecule has 31 heavy (non-hydrogen) atoms. The fourth-order valence-corrected chi connectivity index (χ4v) is 4.74. The zero-order valence-corrected chi connectivity index (χ0v) is 21.2. The molecule has 0 bridgehead atoms. The van der Waals surface area contributed by atoms with E-state index in [1.54, 1.807) is 12.1 Å². The number of hydrogen-bond acceptors (Lipinski definition) is 3. The lowest BCUT2D eigenvalue weighted by atomic mass is 9.98. The molecule has 5 nitrogen and oxygen atoms in total. The zero-order chi connectivity index (χ0) is 20.9. The van der Waals surface area contributed by atoms with Crippen molar-refractivity contribution >= 4 is 29.9 Å². The van der Waals surface area contributed by atoms with E-state index in [4.69, 9.17) is 9.73 Å². The van der Waals surface area contributed by atoms with Gasteiger partial charge in [0.2, 0.25) is 0 Å². The monoisotopic (exact) mass is 544 g/mol. The predicted octanol–water partition coefficient (Wildman–Crippen LogP) is 4.41. The first-order valence-electron chi connectivity index (χ1n) is 11.8. The maximum absolute atomic E-state index is 13.9. The van der Waals surface area contributed by atoms with Crippen LogP contribution in [0.15, 0.2) is 23.2 Å². The van der Waals surface area contributed by atoms with Gasteiger partial charge < -0.3 is 15.4 Å². The predicted molar refractivity (Wildman–Crippen MR) is 135 cm³/mol. The molecule has 7 heteroatoms. The van der Waals surface area contributed by atoms with Gasteiger partial charge in [0.15, 0.2) is 17.5 Å². The van der Waals surface area contributed by atoms with Crippen molar-refractivity contribution in [3.63, 3.8) is 0 Å². The summed E-state index contributed by atoms with van der Waals surface area (Å²) in [6, 6.07) is 5.72. The second-order valence-electron chi connectivity index (χ2n) is 9.22. The quantitative estimate of drug-likeness (QED) is 0.275. The number of piperidine rings is 1. The first-order chi connectivity index (χ1) is 14.7. The Balaban J connectivity index is 0.00000272. The highest BCUT2D eigenvalue weighted by atomic mass is 127. The van der Waals surface area contributed by atoms with Crippen LogP contribution < -0.4 is 15.4 Å². The Labute approximate surface area is 203 Å². The summed E-state index contributed by atoms with van der Waals surface area (Å²) in [5, 5.41) is 7.12. The van der Waals surface area contributed by atoms with E-state index in [1.807, 2.05) is 6.07 Å². The number of likely N-dealkylation sites (tertiary alicyclic amines) is 1. The van der Waals surface area contributed by atoms with Crippen molar-refractivity contribution in [2.24, 2.45) is 22.7 Å². The van der Waals surface area contributed by atoms with Crippen LogP contribution in [0.3, 0.4) is 0 Å². The van der Waals surface area contributed by atoms with Gasteiger partial charge in [0.25, 0.3) is 0 Å². The van der Waals surface area contributed by atoms with E-state index in [2.05, 4.69) is 22.5 Å². The number of aliphatic imine (C=N–C) groups is 1. The number of rotatable bonds is 9. The summed E-state index contributed by atoms with van der Waals surface area (Å²) >= 11 is 0. The van der Waals surface area contributed by atoms with Crippen LogP contribution in [-0.4, -0.2) is 50.2 Å². The van der Waals surface area contributed by atoms with E-state index >= 15 is 0 Å². The molecular formula is C24H38FIN4O. The maximum Gasteiger partial charge on any atom is 0.191 e. The summed E-state index contributed by atoms with van der Waals surface area (Å²) in [5.74, 6) is 3.70. The third-order valence-electron chi connectivity index (χ3n) is 6.81. The Bertz CT molecular complexity index is 718. The number of methoxy groups -OCH3 is 1. The van der Waals surface area contributed by atoms with Crippen molar-refractivity contribution in [2.45, 2.75) is 58.0 Å². The summed E-state index contributed by atoms with van der Waals surface area (Å²) in [6.07, 6.45) is 7.82. The third-order valence-corrected chi connectivity index (χ3v) is 6.81. The Kier molecular flexibility index (Phi) is 9.25. The number of halogens is 2. The van der Waals surface area contributed by atoms with Crippen LogP contribution in [0.4, 0.5) is 4.39 Å². The van der Waals surface area contributed by atoms with E-state index in [9.17, 15) is 4.39 Å². The number of hydrogen-bond donors (Lipinski definition) is 2. The molecule has 174 valence electrons. The van der Waals surface area contributed by atoms with Gasteiger partial charge in [-0.1, -0.05) is 6.07 Å². The van der Waals surface area contributed by atoms with Gasteiger partial charge >= 0.3 is 0 Å². The number of ether oxygens (including phenoxy) is 1. The van der Waals surface area contributed by atoms with Crippen LogP contribution in [0.25, 0.3) is 0 Å². The molecule has 2 aliphatic carbocycles. The molecule has 0 radical (unpaired) electrons.